The van der Waals surface area contributed by atoms with Crippen LogP contribution in [0.15, 0.2) is 85.5 Å². The lowest BCUT2D eigenvalue weighted by atomic mass is 9.82. The molecular formula is C26H27SSi. The molecule has 2 heteroatoms. The van der Waals surface area contributed by atoms with Gasteiger partial charge < -0.3 is 0 Å². The summed E-state index contributed by atoms with van der Waals surface area (Å²) in [6.07, 6.45) is 7.52. The van der Waals surface area contributed by atoms with Gasteiger partial charge in [0.05, 0.1) is 14.0 Å². The molecule has 0 fully saturated rings. The fraction of sp³-hybridized carbons (Fsp3) is 0.308. The van der Waals surface area contributed by atoms with Crippen LogP contribution in [0.2, 0.25) is 13.1 Å². The van der Waals surface area contributed by atoms with E-state index < -0.39 is 8.80 Å². The van der Waals surface area contributed by atoms with Crippen molar-refractivity contribution < 1.29 is 0 Å². The summed E-state index contributed by atoms with van der Waals surface area (Å²) in [6.45, 7) is 14.2. The molecule has 0 saturated carbocycles. The molecule has 5 rings (SSSR count). The largest absolute Gasteiger partial charge is 0.118 e. The highest BCUT2D eigenvalue weighted by molar-refractivity contribution is 8.04. The van der Waals surface area contributed by atoms with Gasteiger partial charge in [0.25, 0.3) is 0 Å². The Morgan fingerprint density at radius 3 is 2.43 bits per heavy atom. The zero-order chi connectivity index (χ0) is 19.7. The number of fused-ring (bicyclic) bond motifs is 3. The average molecular weight is 400 g/mol. The molecule has 3 aliphatic carbocycles. The summed E-state index contributed by atoms with van der Waals surface area (Å²) in [7, 11) is -0.542. The van der Waals surface area contributed by atoms with Crippen molar-refractivity contribution in [2.45, 2.75) is 52.0 Å². The molecule has 2 atom stereocenters. The van der Waals surface area contributed by atoms with E-state index in [1.54, 1.807) is 21.9 Å². The first kappa shape index (κ1) is 18.3. The normalized spacial score (nSPS) is 25.9. The summed E-state index contributed by atoms with van der Waals surface area (Å²) in [5.41, 5.74) is 13.5. The molecule has 0 spiro atoms. The van der Waals surface area contributed by atoms with Gasteiger partial charge in [0.2, 0.25) is 0 Å². The van der Waals surface area contributed by atoms with Crippen LogP contribution in [0, 0.1) is 0 Å². The summed E-state index contributed by atoms with van der Waals surface area (Å²) in [4.78, 5) is 1.48. The highest BCUT2D eigenvalue weighted by atomic mass is 32.2. The van der Waals surface area contributed by atoms with Crippen LogP contribution < -0.4 is 0 Å². The Morgan fingerprint density at radius 1 is 0.929 bits per heavy atom. The van der Waals surface area contributed by atoms with Crippen LogP contribution in [0.5, 0.6) is 0 Å². The summed E-state index contributed by atoms with van der Waals surface area (Å²) < 4.78 is 0. The molecule has 0 N–H and O–H groups in total. The minimum absolute atomic E-state index is 0.404. The second-order valence-electron chi connectivity index (χ2n) is 8.68. The quantitative estimate of drug-likeness (QED) is 0.467. The van der Waals surface area contributed by atoms with Crippen molar-refractivity contribution in [3.63, 3.8) is 0 Å². The van der Waals surface area contributed by atoms with E-state index in [-0.39, 0.29) is 0 Å². The Bertz CT molecular complexity index is 1100. The van der Waals surface area contributed by atoms with Gasteiger partial charge in [-0.25, -0.2) is 0 Å². The number of hydrogen-bond donors (Lipinski definition) is 0. The Labute approximate surface area is 175 Å². The molecule has 0 saturated heterocycles. The highest BCUT2D eigenvalue weighted by Crippen LogP contribution is 2.55. The first-order valence-electron chi connectivity index (χ1n) is 10.2. The maximum absolute atomic E-state index is 2.58. The zero-order valence-corrected chi connectivity index (χ0v) is 19.4. The lowest BCUT2D eigenvalue weighted by molar-refractivity contribution is 0.950. The maximum Gasteiger partial charge on any atom is 0.0803 e. The zero-order valence-electron chi connectivity index (χ0n) is 17.6. The van der Waals surface area contributed by atoms with Crippen LogP contribution in [-0.4, -0.2) is 14.0 Å². The molecule has 0 amide bonds. The minimum atomic E-state index is -0.542. The minimum Gasteiger partial charge on any atom is -0.118 e. The van der Waals surface area contributed by atoms with Crippen LogP contribution in [0.3, 0.4) is 0 Å². The van der Waals surface area contributed by atoms with Gasteiger partial charge >= 0.3 is 0 Å². The van der Waals surface area contributed by atoms with E-state index in [4.69, 9.17) is 0 Å². The molecule has 2 unspecified atom stereocenters. The van der Waals surface area contributed by atoms with Gasteiger partial charge in [0.1, 0.15) is 0 Å². The maximum atomic E-state index is 2.58. The fourth-order valence-electron chi connectivity index (χ4n) is 5.41. The number of benzene rings is 1. The summed E-state index contributed by atoms with van der Waals surface area (Å²) in [5, 5.41) is 2.17. The molecule has 4 aliphatic rings. The Kier molecular flexibility index (Phi) is 4.15. The molecule has 0 bridgehead atoms. The molecule has 141 valence electrons. The van der Waals surface area contributed by atoms with E-state index in [2.05, 4.69) is 83.3 Å². The van der Waals surface area contributed by atoms with Crippen molar-refractivity contribution >= 4 is 26.6 Å². The van der Waals surface area contributed by atoms with Crippen LogP contribution in [0.1, 0.15) is 44.7 Å². The number of allylic oxidation sites excluding steroid dienone is 9. The summed E-state index contributed by atoms with van der Waals surface area (Å²) in [5.74, 6) is 0.404. The van der Waals surface area contributed by atoms with E-state index >= 15 is 0 Å². The summed E-state index contributed by atoms with van der Waals surface area (Å²) >= 11 is 2.03. The third-order valence-electron chi connectivity index (χ3n) is 6.75. The van der Waals surface area contributed by atoms with E-state index in [9.17, 15) is 0 Å². The van der Waals surface area contributed by atoms with E-state index in [1.807, 2.05) is 11.8 Å². The van der Waals surface area contributed by atoms with Crippen molar-refractivity contribution in [2.75, 3.05) is 0 Å². The molecule has 1 aliphatic heterocycles. The van der Waals surface area contributed by atoms with Crippen LogP contribution in [-0.2, 0) is 0 Å². The molecule has 0 nitrogen and oxygen atoms in total. The van der Waals surface area contributed by atoms with Gasteiger partial charge in [-0.15, -0.1) is 11.8 Å². The molecule has 1 aromatic rings. The van der Waals surface area contributed by atoms with Gasteiger partial charge in [-0.05, 0) is 83.2 Å². The average Bonchev–Trinajstić information content (AvgIpc) is 3.22. The third kappa shape index (κ3) is 2.44. The third-order valence-corrected chi connectivity index (χ3v) is 9.70. The lowest BCUT2D eigenvalue weighted by Gasteiger charge is -2.23. The molecule has 1 aromatic carbocycles. The van der Waals surface area contributed by atoms with Crippen molar-refractivity contribution in [3.8, 4) is 0 Å². The second kappa shape index (κ2) is 6.37. The smallest absolute Gasteiger partial charge is 0.0803 e. The SMILES string of the molecule is CC1=Cc2ccccc2C1C1=C2C=C3C(C)=C(C)SC3C=C2C([Si](C)C)=C1C. The first-order valence-corrected chi connectivity index (χ1v) is 13.6. The van der Waals surface area contributed by atoms with E-state index in [0.717, 1.165) is 0 Å². The van der Waals surface area contributed by atoms with Crippen molar-refractivity contribution in [1.29, 1.82) is 0 Å². The molecule has 28 heavy (non-hydrogen) atoms. The summed E-state index contributed by atoms with van der Waals surface area (Å²) in [6, 6.07) is 8.96. The number of rotatable bonds is 2. The molecule has 1 radical (unpaired) electrons. The predicted octanol–water partition coefficient (Wildman–Crippen LogP) is 7.38. The molecular weight excluding hydrogens is 372 g/mol. The van der Waals surface area contributed by atoms with Crippen LogP contribution in [0.4, 0.5) is 0 Å². The highest BCUT2D eigenvalue weighted by Gasteiger charge is 2.39. The first-order chi connectivity index (χ1) is 13.4. The number of hydrogen-bond acceptors (Lipinski definition) is 1. The van der Waals surface area contributed by atoms with Crippen molar-refractivity contribution in [1.82, 2.24) is 0 Å². The van der Waals surface area contributed by atoms with Crippen LogP contribution in [0.25, 0.3) is 6.08 Å². The monoisotopic (exact) mass is 399 g/mol. The predicted molar refractivity (Wildman–Crippen MR) is 126 cm³/mol. The standard InChI is InChI=1S/C26H27SSi/c1-14-11-18-9-7-8-10-19(18)24(14)25-16(3)26(28(5)6)22-13-23-20(12-21(22)25)15(2)17(4)27-23/h7-13,23-24H,1-6H3. The van der Waals surface area contributed by atoms with Crippen molar-refractivity contribution in [2.24, 2.45) is 0 Å². The van der Waals surface area contributed by atoms with Gasteiger partial charge in [-0.2, -0.15) is 0 Å². The van der Waals surface area contributed by atoms with Gasteiger partial charge in [0.15, 0.2) is 0 Å². The Hall–Kier alpha value is -1.77. The molecule has 1 heterocycles. The fourth-order valence-corrected chi connectivity index (χ4v) is 8.30. The number of thioether (sulfide) groups is 1. The topological polar surface area (TPSA) is 0 Å². The van der Waals surface area contributed by atoms with Gasteiger partial charge in [-0.3, -0.25) is 0 Å². The lowest BCUT2D eigenvalue weighted by Crippen LogP contribution is -2.13. The second-order valence-corrected chi connectivity index (χ2v) is 12.5. The van der Waals surface area contributed by atoms with Crippen molar-refractivity contribution in [3.05, 3.63) is 96.7 Å². The molecule has 0 aromatic heterocycles. The van der Waals surface area contributed by atoms with E-state index in [0.29, 0.717) is 11.2 Å². The van der Waals surface area contributed by atoms with Gasteiger partial charge in [0, 0.05) is 5.92 Å². The Morgan fingerprint density at radius 2 is 1.68 bits per heavy atom. The van der Waals surface area contributed by atoms with E-state index in [1.165, 1.54) is 38.3 Å². The van der Waals surface area contributed by atoms with Gasteiger partial charge in [-0.1, -0.05) is 60.3 Å². The van der Waals surface area contributed by atoms with Crippen LogP contribution >= 0.6 is 11.8 Å². The Balaban J connectivity index is 1.76.